The highest BCUT2D eigenvalue weighted by Gasteiger charge is 2.28. The average molecular weight is 625 g/mol. The molecule has 0 spiro atoms. The van der Waals surface area contributed by atoms with Gasteiger partial charge in [0.05, 0.1) is 11.0 Å². The molecule has 0 radical (unpaired) electrons. The molecule has 1 aliphatic rings. The molecule has 0 saturated carbocycles. The van der Waals surface area contributed by atoms with Crippen molar-refractivity contribution < 1.29 is 0 Å². The topological polar surface area (TPSA) is 17.8 Å². The van der Waals surface area contributed by atoms with Crippen LogP contribution in [0.25, 0.3) is 77.4 Å². The summed E-state index contributed by atoms with van der Waals surface area (Å²) in [4.78, 5) is 5.32. The van der Waals surface area contributed by atoms with E-state index in [1.165, 1.54) is 65.7 Å². The number of hydrogen-bond acceptors (Lipinski definition) is 1. The van der Waals surface area contributed by atoms with E-state index in [9.17, 15) is 0 Å². The molecule has 1 atom stereocenters. The van der Waals surface area contributed by atoms with Crippen LogP contribution in [-0.2, 0) is 6.42 Å². The van der Waals surface area contributed by atoms with Crippen molar-refractivity contribution in [1.29, 1.82) is 0 Å². The maximum atomic E-state index is 5.32. The zero-order valence-electron chi connectivity index (χ0n) is 26.9. The van der Waals surface area contributed by atoms with Crippen LogP contribution in [0.3, 0.4) is 0 Å². The Labute approximate surface area is 285 Å². The summed E-state index contributed by atoms with van der Waals surface area (Å²) in [5.74, 6) is 1.16. The summed E-state index contributed by atoms with van der Waals surface area (Å²) in [5, 5.41) is 7.58. The van der Waals surface area contributed by atoms with Crippen LogP contribution in [0.2, 0.25) is 0 Å². The van der Waals surface area contributed by atoms with E-state index < -0.39 is 0 Å². The van der Waals surface area contributed by atoms with Crippen molar-refractivity contribution in [3.63, 3.8) is 0 Å². The number of rotatable bonds is 4. The van der Waals surface area contributed by atoms with Gasteiger partial charge < -0.3 is 0 Å². The first-order valence-electron chi connectivity index (χ1n) is 17.1. The van der Waals surface area contributed by atoms with E-state index in [0.717, 1.165) is 29.0 Å². The van der Waals surface area contributed by atoms with Gasteiger partial charge in [-0.05, 0) is 109 Å². The summed E-state index contributed by atoms with van der Waals surface area (Å²) >= 11 is 0. The van der Waals surface area contributed by atoms with Crippen LogP contribution in [0, 0.1) is 0 Å². The Hall–Kier alpha value is -6.25. The number of fused-ring (bicyclic) bond motifs is 5. The summed E-state index contributed by atoms with van der Waals surface area (Å²) in [5.41, 5.74) is 11.1. The molecule has 1 aromatic heterocycles. The van der Waals surface area contributed by atoms with E-state index >= 15 is 0 Å². The quantitative estimate of drug-likeness (QED) is 0.190. The summed E-state index contributed by atoms with van der Waals surface area (Å²) < 4.78 is 2.36. The standard InChI is InChI=1S/C47H32N2/c1-2-16-38(17-3-1)49-44-21-11-10-20-43(44)48-47(49)37-26-27-41-42(30-37)46(36-25-23-32-13-5-7-15-34(32)29-36)40-19-9-8-18-39(40)45(41)35-24-22-31-12-4-6-14-33(31)28-35/h1-29,37H,30H2. The number of benzene rings is 8. The Kier molecular flexibility index (Phi) is 6.35. The van der Waals surface area contributed by atoms with E-state index in [2.05, 4.69) is 181 Å². The molecule has 0 aliphatic heterocycles. The van der Waals surface area contributed by atoms with Gasteiger partial charge in [0, 0.05) is 11.6 Å². The molecule has 0 bridgehead atoms. The van der Waals surface area contributed by atoms with Gasteiger partial charge in [0.2, 0.25) is 0 Å². The average Bonchev–Trinajstić information content (AvgIpc) is 3.56. The fourth-order valence-electron chi connectivity index (χ4n) is 8.06. The predicted molar refractivity (Wildman–Crippen MR) is 206 cm³/mol. The zero-order valence-corrected chi connectivity index (χ0v) is 26.9. The van der Waals surface area contributed by atoms with E-state index in [4.69, 9.17) is 4.98 Å². The van der Waals surface area contributed by atoms with E-state index in [1.54, 1.807) is 0 Å². The van der Waals surface area contributed by atoms with Gasteiger partial charge in [0.15, 0.2) is 0 Å². The number of para-hydroxylation sites is 3. The molecule has 0 amide bonds. The maximum absolute atomic E-state index is 5.32. The zero-order chi connectivity index (χ0) is 32.3. The molecule has 0 fully saturated rings. The second-order valence-electron chi connectivity index (χ2n) is 13.1. The van der Waals surface area contributed by atoms with Crippen LogP contribution in [0.4, 0.5) is 0 Å². The van der Waals surface area contributed by atoms with Crippen LogP contribution in [0.1, 0.15) is 22.9 Å². The smallest absolute Gasteiger partial charge is 0.121 e. The maximum Gasteiger partial charge on any atom is 0.121 e. The number of allylic oxidation sites excluding steroid dienone is 1. The van der Waals surface area contributed by atoms with Crippen LogP contribution in [-0.4, -0.2) is 9.55 Å². The molecule has 10 rings (SSSR count). The van der Waals surface area contributed by atoms with Crippen molar-refractivity contribution in [2.24, 2.45) is 0 Å². The second kappa shape index (κ2) is 11.2. The Morgan fingerprint density at radius 2 is 1.08 bits per heavy atom. The van der Waals surface area contributed by atoms with Crippen LogP contribution >= 0.6 is 0 Å². The summed E-state index contributed by atoms with van der Waals surface area (Å²) in [7, 11) is 0. The molecule has 8 aromatic carbocycles. The molecular formula is C47H32N2. The SMILES string of the molecule is C1=CC(c2nc3ccccc3n2-c2ccccc2)Cc2c1c(-c1ccc3ccccc3c1)c1ccccc1c2-c1ccc2ccccc2c1. The minimum Gasteiger partial charge on any atom is -0.296 e. The van der Waals surface area contributed by atoms with Gasteiger partial charge in [0.1, 0.15) is 5.82 Å². The predicted octanol–water partition coefficient (Wildman–Crippen LogP) is 12.2. The lowest BCUT2D eigenvalue weighted by atomic mass is 9.77. The number of imidazole rings is 1. The van der Waals surface area contributed by atoms with Gasteiger partial charge in [-0.1, -0.05) is 140 Å². The Bertz CT molecular complexity index is 2750. The summed E-state index contributed by atoms with van der Waals surface area (Å²) in [6.07, 6.45) is 5.63. The molecular weight excluding hydrogens is 593 g/mol. The van der Waals surface area contributed by atoms with Gasteiger partial charge in [-0.2, -0.15) is 0 Å². The number of nitrogens with zero attached hydrogens (tertiary/aromatic N) is 2. The highest BCUT2D eigenvalue weighted by molar-refractivity contribution is 6.11. The normalized spacial score (nSPS) is 14.2. The molecule has 1 aliphatic carbocycles. The Morgan fingerprint density at radius 1 is 0.510 bits per heavy atom. The van der Waals surface area contributed by atoms with Crippen LogP contribution < -0.4 is 0 Å². The lowest BCUT2D eigenvalue weighted by Gasteiger charge is -2.27. The fraction of sp³-hybridized carbons (Fsp3) is 0.0426. The molecule has 1 heterocycles. The molecule has 2 heteroatoms. The monoisotopic (exact) mass is 624 g/mol. The highest BCUT2D eigenvalue weighted by atomic mass is 15.1. The van der Waals surface area contributed by atoms with Crippen molar-refractivity contribution in [2.45, 2.75) is 12.3 Å². The van der Waals surface area contributed by atoms with Crippen molar-refractivity contribution in [3.05, 3.63) is 187 Å². The van der Waals surface area contributed by atoms with Crippen molar-refractivity contribution in [2.75, 3.05) is 0 Å². The van der Waals surface area contributed by atoms with Gasteiger partial charge in [0.25, 0.3) is 0 Å². The Balaban J connectivity index is 1.26. The third-order valence-electron chi connectivity index (χ3n) is 10.3. The largest absolute Gasteiger partial charge is 0.296 e. The van der Waals surface area contributed by atoms with Crippen LogP contribution in [0.15, 0.2) is 170 Å². The molecule has 0 saturated heterocycles. The highest BCUT2D eigenvalue weighted by Crippen LogP contribution is 2.47. The minimum absolute atomic E-state index is 0.0879. The molecule has 9 aromatic rings. The first-order chi connectivity index (χ1) is 24.3. The Morgan fingerprint density at radius 3 is 1.80 bits per heavy atom. The number of hydrogen-bond donors (Lipinski definition) is 0. The molecule has 1 unspecified atom stereocenters. The lowest BCUT2D eigenvalue weighted by Crippen LogP contribution is -2.14. The van der Waals surface area contributed by atoms with Crippen molar-refractivity contribution >= 4 is 49.4 Å². The van der Waals surface area contributed by atoms with Gasteiger partial charge in [-0.25, -0.2) is 4.98 Å². The van der Waals surface area contributed by atoms with Gasteiger partial charge in [-0.15, -0.1) is 0 Å². The van der Waals surface area contributed by atoms with E-state index in [-0.39, 0.29) is 5.92 Å². The minimum atomic E-state index is 0.0879. The van der Waals surface area contributed by atoms with E-state index in [1.807, 2.05) is 0 Å². The van der Waals surface area contributed by atoms with Crippen LogP contribution in [0.5, 0.6) is 0 Å². The summed E-state index contributed by atoms with van der Waals surface area (Å²) in [6.45, 7) is 0. The molecule has 2 nitrogen and oxygen atoms in total. The van der Waals surface area contributed by atoms with Crippen molar-refractivity contribution in [1.82, 2.24) is 9.55 Å². The first-order valence-corrected chi connectivity index (χ1v) is 17.1. The molecule has 230 valence electrons. The second-order valence-corrected chi connectivity index (χ2v) is 13.1. The van der Waals surface area contributed by atoms with Gasteiger partial charge in [-0.3, -0.25) is 4.57 Å². The fourth-order valence-corrected chi connectivity index (χ4v) is 8.06. The summed E-state index contributed by atoms with van der Waals surface area (Å²) in [6, 6.07) is 59.4. The number of aromatic nitrogens is 2. The van der Waals surface area contributed by atoms with Gasteiger partial charge >= 0.3 is 0 Å². The third-order valence-corrected chi connectivity index (χ3v) is 10.3. The lowest BCUT2D eigenvalue weighted by molar-refractivity contribution is 0.745. The third kappa shape index (κ3) is 4.52. The molecule has 49 heavy (non-hydrogen) atoms. The van der Waals surface area contributed by atoms with Crippen molar-refractivity contribution in [3.8, 4) is 27.9 Å². The first kappa shape index (κ1) is 27.8. The van der Waals surface area contributed by atoms with E-state index in [0.29, 0.717) is 0 Å². The molecule has 0 N–H and O–H groups in total.